The Kier molecular flexibility index (Phi) is 4.55. The van der Waals surface area contributed by atoms with E-state index in [-0.39, 0.29) is 6.04 Å². The van der Waals surface area contributed by atoms with E-state index in [4.69, 9.17) is 4.74 Å². The molecule has 0 spiro atoms. The van der Waals surface area contributed by atoms with Gasteiger partial charge in [-0.25, -0.2) is 0 Å². The molecular weight excluding hydrogens is 269 g/mol. The van der Waals surface area contributed by atoms with Gasteiger partial charge in [0, 0.05) is 37.8 Å². The predicted octanol–water partition coefficient (Wildman–Crippen LogP) is 2.68. The molecule has 1 aliphatic heterocycles. The third kappa shape index (κ3) is 3.24. The summed E-state index contributed by atoms with van der Waals surface area (Å²) in [6.07, 6.45) is -4.34. The minimum absolute atomic E-state index is 0.0364. The first-order valence-corrected chi connectivity index (χ1v) is 6.63. The van der Waals surface area contributed by atoms with Gasteiger partial charge in [-0.1, -0.05) is 6.07 Å². The highest BCUT2D eigenvalue weighted by Gasteiger charge is 2.32. The Bertz CT molecular complexity index is 456. The zero-order valence-corrected chi connectivity index (χ0v) is 11.6. The van der Waals surface area contributed by atoms with Crippen LogP contribution in [0.3, 0.4) is 0 Å². The Labute approximate surface area is 116 Å². The first-order chi connectivity index (χ1) is 9.43. The molecule has 1 atom stereocenters. The Hall–Kier alpha value is -1.27. The van der Waals surface area contributed by atoms with Crippen molar-refractivity contribution in [3.05, 3.63) is 29.3 Å². The average Bonchev–Trinajstić information content (AvgIpc) is 2.45. The fourth-order valence-corrected chi connectivity index (χ4v) is 2.50. The highest BCUT2D eigenvalue weighted by atomic mass is 19.4. The van der Waals surface area contributed by atoms with Gasteiger partial charge in [-0.05, 0) is 19.1 Å². The molecule has 112 valence electrons. The summed E-state index contributed by atoms with van der Waals surface area (Å²) in [7, 11) is 1.41. The summed E-state index contributed by atoms with van der Waals surface area (Å²) in [6, 6.07) is 3.76. The van der Waals surface area contributed by atoms with Crippen LogP contribution in [0.4, 0.5) is 13.2 Å². The number of ether oxygens (including phenoxy) is 1. The third-order valence-corrected chi connectivity index (χ3v) is 3.71. The van der Waals surface area contributed by atoms with Crippen LogP contribution >= 0.6 is 0 Å². The number of nitrogens with one attached hydrogen (secondary N) is 1. The number of alkyl halides is 3. The molecule has 1 aromatic carbocycles. The number of benzene rings is 1. The third-order valence-electron chi connectivity index (χ3n) is 3.71. The van der Waals surface area contributed by atoms with Crippen LogP contribution in [-0.2, 0) is 6.18 Å². The van der Waals surface area contributed by atoms with Crippen molar-refractivity contribution in [1.82, 2.24) is 10.2 Å². The molecule has 1 fully saturated rings. The number of hydrogen-bond donors (Lipinski definition) is 1. The molecule has 20 heavy (non-hydrogen) atoms. The molecule has 0 aromatic heterocycles. The van der Waals surface area contributed by atoms with Gasteiger partial charge in [0.1, 0.15) is 5.75 Å². The summed E-state index contributed by atoms with van der Waals surface area (Å²) in [5.41, 5.74) is 0.119. The largest absolute Gasteiger partial charge is 0.496 e. The monoisotopic (exact) mass is 288 g/mol. The molecule has 0 amide bonds. The molecule has 0 unspecified atom stereocenters. The van der Waals surface area contributed by atoms with E-state index in [1.54, 1.807) is 0 Å². The van der Waals surface area contributed by atoms with Crippen LogP contribution < -0.4 is 10.1 Å². The SMILES string of the molecule is COc1cc(C(F)(F)F)ccc1[C@@H](C)N1CCNCC1. The lowest BCUT2D eigenvalue weighted by atomic mass is 10.0. The van der Waals surface area contributed by atoms with E-state index in [1.807, 2.05) is 6.92 Å². The molecule has 0 radical (unpaired) electrons. The number of methoxy groups -OCH3 is 1. The zero-order valence-electron chi connectivity index (χ0n) is 11.6. The maximum absolute atomic E-state index is 12.7. The van der Waals surface area contributed by atoms with Crippen molar-refractivity contribution >= 4 is 0 Å². The molecule has 0 saturated carbocycles. The molecule has 1 N–H and O–H groups in total. The van der Waals surface area contributed by atoms with Crippen molar-refractivity contribution in [1.29, 1.82) is 0 Å². The second-order valence-corrected chi connectivity index (χ2v) is 4.92. The van der Waals surface area contributed by atoms with Gasteiger partial charge in [0.2, 0.25) is 0 Å². The number of rotatable bonds is 3. The van der Waals surface area contributed by atoms with Crippen molar-refractivity contribution in [2.75, 3.05) is 33.3 Å². The van der Waals surface area contributed by atoms with Crippen LogP contribution in [0, 0.1) is 0 Å². The van der Waals surface area contributed by atoms with Gasteiger partial charge in [0.25, 0.3) is 0 Å². The van der Waals surface area contributed by atoms with E-state index >= 15 is 0 Å². The number of nitrogens with zero attached hydrogens (tertiary/aromatic N) is 1. The number of halogens is 3. The minimum Gasteiger partial charge on any atom is -0.496 e. The fraction of sp³-hybridized carbons (Fsp3) is 0.571. The van der Waals surface area contributed by atoms with Crippen LogP contribution in [0.2, 0.25) is 0 Å². The van der Waals surface area contributed by atoms with Crippen molar-refractivity contribution in [3.8, 4) is 5.75 Å². The summed E-state index contributed by atoms with van der Waals surface area (Å²) >= 11 is 0. The van der Waals surface area contributed by atoms with E-state index in [1.165, 1.54) is 13.2 Å². The zero-order chi connectivity index (χ0) is 14.8. The minimum atomic E-state index is -4.34. The topological polar surface area (TPSA) is 24.5 Å². The molecule has 1 saturated heterocycles. The lowest BCUT2D eigenvalue weighted by Crippen LogP contribution is -2.44. The maximum Gasteiger partial charge on any atom is 0.416 e. The van der Waals surface area contributed by atoms with Gasteiger partial charge >= 0.3 is 6.18 Å². The van der Waals surface area contributed by atoms with Gasteiger partial charge < -0.3 is 10.1 Å². The van der Waals surface area contributed by atoms with Gasteiger partial charge in [0.15, 0.2) is 0 Å². The van der Waals surface area contributed by atoms with Crippen LogP contribution in [0.5, 0.6) is 5.75 Å². The Balaban J connectivity index is 2.26. The van der Waals surface area contributed by atoms with E-state index < -0.39 is 11.7 Å². The normalized spacial score (nSPS) is 18.9. The molecule has 1 heterocycles. The second-order valence-electron chi connectivity index (χ2n) is 4.92. The van der Waals surface area contributed by atoms with Gasteiger partial charge in [-0.3, -0.25) is 4.90 Å². The molecule has 2 rings (SSSR count). The summed E-state index contributed by atoms with van der Waals surface area (Å²) in [5, 5.41) is 3.26. The van der Waals surface area contributed by atoms with E-state index in [0.29, 0.717) is 5.75 Å². The number of piperazine rings is 1. The summed E-state index contributed by atoms with van der Waals surface area (Å²) in [4.78, 5) is 2.24. The predicted molar refractivity (Wildman–Crippen MR) is 70.9 cm³/mol. The standard InChI is InChI=1S/C14H19F3N2O/c1-10(19-7-5-18-6-8-19)12-4-3-11(14(15,16)17)9-13(12)20-2/h3-4,9-10,18H,5-8H2,1-2H3/t10-/m1/s1. The molecule has 1 aliphatic rings. The molecule has 0 aliphatic carbocycles. The molecule has 6 heteroatoms. The first-order valence-electron chi connectivity index (χ1n) is 6.63. The van der Waals surface area contributed by atoms with Crippen molar-refractivity contribution in [2.45, 2.75) is 19.1 Å². The molecular formula is C14H19F3N2O. The Morgan fingerprint density at radius 3 is 2.45 bits per heavy atom. The molecule has 3 nitrogen and oxygen atoms in total. The Morgan fingerprint density at radius 1 is 1.25 bits per heavy atom. The highest BCUT2D eigenvalue weighted by molar-refractivity contribution is 5.40. The quantitative estimate of drug-likeness (QED) is 0.925. The van der Waals surface area contributed by atoms with Gasteiger partial charge in [0.05, 0.1) is 12.7 Å². The number of hydrogen-bond acceptors (Lipinski definition) is 3. The molecule has 0 bridgehead atoms. The van der Waals surface area contributed by atoms with Crippen LogP contribution in [0.1, 0.15) is 24.1 Å². The van der Waals surface area contributed by atoms with E-state index in [2.05, 4.69) is 10.2 Å². The lowest BCUT2D eigenvalue weighted by Gasteiger charge is -2.33. The second kappa shape index (κ2) is 6.01. The lowest BCUT2D eigenvalue weighted by molar-refractivity contribution is -0.137. The van der Waals surface area contributed by atoms with E-state index in [0.717, 1.165) is 43.9 Å². The van der Waals surface area contributed by atoms with Crippen LogP contribution in [0.25, 0.3) is 0 Å². The maximum atomic E-state index is 12.7. The molecule has 1 aromatic rings. The van der Waals surface area contributed by atoms with Gasteiger partial charge in [-0.2, -0.15) is 13.2 Å². The average molecular weight is 288 g/mol. The fourth-order valence-electron chi connectivity index (χ4n) is 2.50. The van der Waals surface area contributed by atoms with Crippen molar-refractivity contribution < 1.29 is 17.9 Å². The van der Waals surface area contributed by atoms with Crippen molar-refractivity contribution in [3.63, 3.8) is 0 Å². The Morgan fingerprint density at radius 2 is 1.90 bits per heavy atom. The first kappa shape index (κ1) is 15.1. The smallest absolute Gasteiger partial charge is 0.416 e. The van der Waals surface area contributed by atoms with Crippen LogP contribution in [0.15, 0.2) is 18.2 Å². The van der Waals surface area contributed by atoms with Crippen molar-refractivity contribution in [2.24, 2.45) is 0 Å². The van der Waals surface area contributed by atoms with Crippen LogP contribution in [-0.4, -0.2) is 38.2 Å². The van der Waals surface area contributed by atoms with Gasteiger partial charge in [-0.15, -0.1) is 0 Å². The summed E-state index contributed by atoms with van der Waals surface area (Å²) < 4.78 is 43.3. The van der Waals surface area contributed by atoms with E-state index in [9.17, 15) is 13.2 Å². The summed E-state index contributed by atoms with van der Waals surface area (Å²) in [6.45, 7) is 5.55. The summed E-state index contributed by atoms with van der Waals surface area (Å²) in [5.74, 6) is 0.297. The highest BCUT2D eigenvalue weighted by Crippen LogP contribution is 2.36.